The number of halogens is 3. The molecule has 9 nitrogen and oxygen atoms in total. The number of piperidine rings is 1. The molecule has 1 aliphatic heterocycles. The molecule has 1 aromatic carbocycles. The molecule has 0 spiro atoms. The molecule has 194 valence electrons. The van der Waals surface area contributed by atoms with E-state index in [1.165, 1.54) is 9.58 Å². The SMILES string of the molecule is CO[C@]1(C(F)(F)F)CCCC(NC(=O)[C@@H]2C[C@H]3C[C@H]3N2C(=O)Cn2nc(C(N)=O)c3ccccc32)C1. The van der Waals surface area contributed by atoms with Crippen LogP contribution in [0.3, 0.4) is 0 Å². The predicted octanol–water partition coefficient (Wildman–Crippen LogP) is 2.13. The molecule has 2 saturated carbocycles. The lowest BCUT2D eigenvalue weighted by Crippen LogP contribution is -2.57. The van der Waals surface area contributed by atoms with E-state index in [1.807, 2.05) is 0 Å². The molecule has 3 N–H and O–H groups in total. The van der Waals surface area contributed by atoms with Gasteiger partial charge in [0.05, 0.1) is 5.52 Å². The van der Waals surface area contributed by atoms with Crippen LogP contribution in [-0.2, 0) is 20.9 Å². The van der Waals surface area contributed by atoms with E-state index >= 15 is 0 Å². The molecule has 3 aliphatic rings. The van der Waals surface area contributed by atoms with Crippen LogP contribution in [0.2, 0.25) is 0 Å². The van der Waals surface area contributed by atoms with Gasteiger partial charge in [-0.05, 0) is 44.1 Å². The molecule has 1 aromatic heterocycles. The number of methoxy groups -OCH3 is 1. The van der Waals surface area contributed by atoms with E-state index in [4.69, 9.17) is 10.5 Å². The number of benzene rings is 1. The second-order valence-corrected chi connectivity index (χ2v) is 10.0. The van der Waals surface area contributed by atoms with Crippen molar-refractivity contribution in [3.63, 3.8) is 0 Å². The van der Waals surface area contributed by atoms with Crippen LogP contribution in [0.5, 0.6) is 0 Å². The fraction of sp³-hybridized carbons (Fsp3) is 0.583. The standard InChI is InChI=1S/C24H28F3N5O4/c1-36-23(24(25,26)27)8-4-5-14(11-23)29-22(35)18-10-13-9-17(13)32(18)19(33)12-31-16-7-3-2-6-15(16)20(30-31)21(28)34/h2-3,6-7,13-14,17-18H,4-5,8-12H2,1H3,(H2,28,34)(H,29,35)/t13-,14?,17-,18+,23-/m1/s1. The summed E-state index contributed by atoms with van der Waals surface area (Å²) >= 11 is 0. The molecule has 2 aromatic rings. The van der Waals surface area contributed by atoms with E-state index < -0.39 is 35.7 Å². The van der Waals surface area contributed by atoms with E-state index in [0.29, 0.717) is 23.7 Å². The molecular weight excluding hydrogens is 479 g/mol. The minimum atomic E-state index is -4.54. The Labute approximate surface area is 205 Å². The van der Waals surface area contributed by atoms with Crippen LogP contribution < -0.4 is 11.1 Å². The number of para-hydroxylation sites is 1. The Balaban J connectivity index is 1.31. The Hall–Kier alpha value is -3.15. The topological polar surface area (TPSA) is 120 Å². The molecule has 12 heteroatoms. The summed E-state index contributed by atoms with van der Waals surface area (Å²) in [6.45, 7) is -0.189. The van der Waals surface area contributed by atoms with Gasteiger partial charge in [0, 0.05) is 31.0 Å². The highest BCUT2D eigenvalue weighted by Crippen LogP contribution is 2.48. The maximum Gasteiger partial charge on any atom is 0.417 e. The summed E-state index contributed by atoms with van der Waals surface area (Å²) in [6, 6.07) is 5.37. The Bertz CT molecular complexity index is 1210. The largest absolute Gasteiger partial charge is 0.417 e. The minimum absolute atomic E-state index is 0.0574. The molecule has 36 heavy (non-hydrogen) atoms. The number of carbonyl (C=O) groups is 3. The number of hydrogen-bond donors (Lipinski definition) is 2. The fourth-order valence-electron chi connectivity index (χ4n) is 5.90. The zero-order valence-electron chi connectivity index (χ0n) is 19.8. The Morgan fingerprint density at radius 2 is 2.00 bits per heavy atom. The van der Waals surface area contributed by atoms with Crippen molar-refractivity contribution in [1.82, 2.24) is 20.0 Å². The summed E-state index contributed by atoms with van der Waals surface area (Å²) in [5.74, 6) is -1.30. The maximum absolute atomic E-state index is 13.7. The van der Waals surface area contributed by atoms with Crippen molar-refractivity contribution < 1.29 is 32.3 Å². The predicted molar refractivity (Wildman–Crippen MR) is 122 cm³/mol. The number of fused-ring (bicyclic) bond motifs is 2. The van der Waals surface area contributed by atoms with Crippen molar-refractivity contribution in [3.8, 4) is 0 Å². The summed E-state index contributed by atoms with van der Waals surface area (Å²) in [5, 5.41) is 7.52. The van der Waals surface area contributed by atoms with Gasteiger partial charge < -0.3 is 20.7 Å². The number of nitrogens with zero attached hydrogens (tertiary/aromatic N) is 3. The van der Waals surface area contributed by atoms with Crippen molar-refractivity contribution in [2.24, 2.45) is 11.7 Å². The first-order chi connectivity index (χ1) is 17.0. The van der Waals surface area contributed by atoms with Gasteiger partial charge in [0.25, 0.3) is 5.91 Å². The van der Waals surface area contributed by atoms with Crippen molar-refractivity contribution in [2.45, 2.75) is 75.0 Å². The van der Waals surface area contributed by atoms with Crippen LogP contribution in [-0.4, -0.2) is 69.4 Å². The highest BCUT2D eigenvalue weighted by molar-refractivity contribution is 6.04. The Morgan fingerprint density at radius 3 is 2.69 bits per heavy atom. The summed E-state index contributed by atoms with van der Waals surface area (Å²) < 4.78 is 47.3. The Kier molecular flexibility index (Phi) is 5.97. The van der Waals surface area contributed by atoms with Crippen molar-refractivity contribution >= 4 is 28.6 Å². The third kappa shape index (κ3) is 4.10. The summed E-state index contributed by atoms with van der Waals surface area (Å²) in [4.78, 5) is 39.9. The van der Waals surface area contributed by atoms with Gasteiger partial charge in [0.2, 0.25) is 11.8 Å². The number of rotatable bonds is 6. The van der Waals surface area contributed by atoms with E-state index in [1.54, 1.807) is 24.3 Å². The minimum Gasteiger partial charge on any atom is -0.369 e. The fourth-order valence-corrected chi connectivity index (χ4v) is 5.90. The number of likely N-dealkylation sites (tertiary alicyclic amines) is 1. The average molecular weight is 508 g/mol. The van der Waals surface area contributed by atoms with Crippen LogP contribution in [0.25, 0.3) is 10.9 Å². The number of nitrogens with one attached hydrogen (secondary N) is 1. The summed E-state index contributed by atoms with van der Waals surface area (Å²) in [6.07, 6.45) is -3.12. The van der Waals surface area contributed by atoms with E-state index in [9.17, 15) is 27.6 Å². The first-order valence-electron chi connectivity index (χ1n) is 12.0. The van der Waals surface area contributed by atoms with Crippen molar-refractivity contribution in [1.29, 1.82) is 0 Å². The second kappa shape index (κ2) is 8.75. The smallest absolute Gasteiger partial charge is 0.369 e. The first-order valence-corrected chi connectivity index (χ1v) is 12.0. The van der Waals surface area contributed by atoms with Crippen molar-refractivity contribution in [2.75, 3.05) is 7.11 Å². The highest BCUT2D eigenvalue weighted by atomic mass is 19.4. The molecule has 0 radical (unpaired) electrons. The second-order valence-electron chi connectivity index (χ2n) is 10.0. The van der Waals surface area contributed by atoms with Gasteiger partial charge in [-0.15, -0.1) is 0 Å². The number of ether oxygens (including phenoxy) is 1. The monoisotopic (exact) mass is 507 g/mol. The molecule has 2 aliphatic carbocycles. The molecule has 2 heterocycles. The van der Waals surface area contributed by atoms with Gasteiger partial charge in [-0.25, -0.2) is 0 Å². The average Bonchev–Trinajstić information content (AvgIpc) is 3.33. The Morgan fingerprint density at radius 1 is 1.25 bits per heavy atom. The molecule has 5 atom stereocenters. The van der Waals surface area contributed by atoms with Crippen LogP contribution in [0, 0.1) is 5.92 Å². The summed E-state index contributed by atoms with van der Waals surface area (Å²) in [7, 11) is 1.05. The molecular formula is C24H28F3N5O4. The lowest BCUT2D eigenvalue weighted by Gasteiger charge is -2.41. The van der Waals surface area contributed by atoms with Crippen LogP contribution in [0.4, 0.5) is 13.2 Å². The zero-order valence-corrected chi connectivity index (χ0v) is 19.8. The highest BCUT2D eigenvalue weighted by Gasteiger charge is 2.59. The zero-order chi connectivity index (χ0) is 25.8. The van der Waals surface area contributed by atoms with Gasteiger partial charge in [0.15, 0.2) is 11.3 Å². The van der Waals surface area contributed by atoms with Gasteiger partial charge in [-0.1, -0.05) is 18.2 Å². The number of primary amides is 1. The molecule has 1 saturated heterocycles. The molecule has 0 bridgehead atoms. The van der Waals surface area contributed by atoms with Gasteiger partial charge >= 0.3 is 6.18 Å². The number of carbonyl (C=O) groups excluding carboxylic acids is 3. The maximum atomic E-state index is 13.7. The number of alkyl halides is 3. The van der Waals surface area contributed by atoms with Crippen LogP contribution in [0.15, 0.2) is 24.3 Å². The lowest BCUT2D eigenvalue weighted by molar-refractivity contribution is -0.281. The molecule has 3 amide bonds. The van der Waals surface area contributed by atoms with Crippen LogP contribution >= 0.6 is 0 Å². The van der Waals surface area contributed by atoms with Crippen LogP contribution in [0.1, 0.15) is 49.0 Å². The van der Waals surface area contributed by atoms with Gasteiger partial charge in [0.1, 0.15) is 12.6 Å². The van der Waals surface area contributed by atoms with E-state index in [0.717, 1.165) is 13.5 Å². The number of hydrogen-bond acceptors (Lipinski definition) is 5. The first kappa shape index (κ1) is 24.5. The molecule has 3 fully saturated rings. The molecule has 1 unspecified atom stereocenters. The van der Waals surface area contributed by atoms with Crippen molar-refractivity contribution in [3.05, 3.63) is 30.0 Å². The number of amides is 3. The lowest BCUT2D eigenvalue weighted by atomic mass is 9.81. The van der Waals surface area contributed by atoms with E-state index in [-0.39, 0.29) is 49.4 Å². The van der Waals surface area contributed by atoms with Gasteiger partial charge in [-0.2, -0.15) is 18.3 Å². The van der Waals surface area contributed by atoms with Gasteiger partial charge in [-0.3, -0.25) is 19.1 Å². The summed E-state index contributed by atoms with van der Waals surface area (Å²) in [5.41, 5.74) is 3.78. The quantitative estimate of drug-likeness (QED) is 0.621. The number of aromatic nitrogens is 2. The molecule has 5 rings (SSSR count). The normalized spacial score (nSPS) is 29.7. The van der Waals surface area contributed by atoms with E-state index in [2.05, 4.69) is 10.4 Å². The number of nitrogens with two attached hydrogens (primary N) is 1. The third-order valence-corrected chi connectivity index (χ3v) is 7.83. The third-order valence-electron chi connectivity index (χ3n) is 7.83.